The van der Waals surface area contributed by atoms with E-state index in [0.717, 1.165) is 22.4 Å². The van der Waals surface area contributed by atoms with E-state index in [1.807, 2.05) is 48.5 Å². The fourth-order valence-corrected chi connectivity index (χ4v) is 1.77. The van der Waals surface area contributed by atoms with Crippen molar-refractivity contribution < 1.29 is 5.11 Å². The molecule has 0 spiro atoms. The number of rotatable bonds is 3. The maximum atomic E-state index is 9.56. The Bertz CT molecular complexity index is 509. The number of benzene rings is 2. The molecule has 1 unspecified atom stereocenters. The highest BCUT2D eigenvalue weighted by atomic mass is 16.3. The van der Waals surface area contributed by atoms with Crippen molar-refractivity contribution in [1.82, 2.24) is 0 Å². The fourth-order valence-electron chi connectivity index (χ4n) is 1.77. The lowest BCUT2D eigenvalue weighted by Crippen LogP contribution is -2.06. The zero-order valence-electron chi connectivity index (χ0n) is 9.72. The molecule has 3 heteroatoms. The quantitative estimate of drug-likeness (QED) is 0.559. The molecule has 0 aliphatic carbocycles. The van der Waals surface area contributed by atoms with Gasteiger partial charge < -0.3 is 10.5 Å². The van der Waals surface area contributed by atoms with E-state index in [0.29, 0.717) is 0 Å². The van der Waals surface area contributed by atoms with Crippen LogP contribution in [0, 0.1) is 0 Å². The molecule has 4 N–H and O–H groups in total. The number of hydrazine groups is 1. The first-order valence-corrected chi connectivity index (χ1v) is 5.56. The zero-order chi connectivity index (χ0) is 12.3. The van der Waals surface area contributed by atoms with Gasteiger partial charge in [-0.15, -0.1) is 0 Å². The molecule has 2 aromatic carbocycles. The minimum atomic E-state index is -0.453. The molecule has 0 saturated heterocycles. The van der Waals surface area contributed by atoms with Crippen molar-refractivity contribution in [3.05, 3.63) is 54.1 Å². The molecule has 2 rings (SSSR count). The Labute approximate surface area is 101 Å². The smallest absolute Gasteiger partial charge is 0.0762 e. The van der Waals surface area contributed by atoms with Crippen LogP contribution in [-0.2, 0) is 0 Å². The highest BCUT2D eigenvalue weighted by Crippen LogP contribution is 2.25. The summed E-state index contributed by atoms with van der Waals surface area (Å²) in [5, 5.41) is 9.56. The molecule has 0 saturated carbocycles. The Hall–Kier alpha value is -1.84. The number of anilines is 1. The van der Waals surface area contributed by atoms with E-state index in [-0.39, 0.29) is 0 Å². The lowest BCUT2D eigenvalue weighted by Gasteiger charge is -2.09. The first kappa shape index (κ1) is 11.6. The van der Waals surface area contributed by atoms with Gasteiger partial charge >= 0.3 is 0 Å². The number of nitrogens with one attached hydrogen (secondary N) is 1. The molecule has 0 aliphatic heterocycles. The molecular weight excluding hydrogens is 212 g/mol. The molecule has 1 atom stereocenters. The zero-order valence-corrected chi connectivity index (χ0v) is 9.72. The average molecular weight is 228 g/mol. The van der Waals surface area contributed by atoms with Crippen molar-refractivity contribution in [3.63, 3.8) is 0 Å². The highest BCUT2D eigenvalue weighted by Gasteiger charge is 2.03. The summed E-state index contributed by atoms with van der Waals surface area (Å²) in [5.74, 6) is 5.38. The van der Waals surface area contributed by atoms with E-state index in [9.17, 15) is 5.11 Å². The Morgan fingerprint density at radius 2 is 1.71 bits per heavy atom. The van der Waals surface area contributed by atoms with Crippen LogP contribution in [0.2, 0.25) is 0 Å². The van der Waals surface area contributed by atoms with Gasteiger partial charge in [-0.1, -0.05) is 30.3 Å². The van der Waals surface area contributed by atoms with Crippen LogP contribution in [0.3, 0.4) is 0 Å². The molecule has 0 amide bonds. The summed E-state index contributed by atoms with van der Waals surface area (Å²) in [6.45, 7) is 1.76. The van der Waals surface area contributed by atoms with E-state index in [2.05, 4.69) is 5.43 Å². The Balaban J connectivity index is 2.41. The minimum Gasteiger partial charge on any atom is -0.389 e. The number of aliphatic hydroxyl groups excluding tert-OH is 1. The van der Waals surface area contributed by atoms with Crippen LogP contribution in [0.25, 0.3) is 11.1 Å². The van der Waals surface area contributed by atoms with Crippen LogP contribution < -0.4 is 11.3 Å². The molecule has 0 fully saturated rings. The third-order valence-corrected chi connectivity index (χ3v) is 2.73. The van der Waals surface area contributed by atoms with Gasteiger partial charge in [-0.3, -0.25) is 5.84 Å². The highest BCUT2D eigenvalue weighted by molar-refractivity contribution is 5.68. The van der Waals surface area contributed by atoms with E-state index < -0.39 is 6.10 Å². The van der Waals surface area contributed by atoms with E-state index >= 15 is 0 Å². The van der Waals surface area contributed by atoms with Gasteiger partial charge in [0.2, 0.25) is 0 Å². The summed E-state index contributed by atoms with van der Waals surface area (Å²) >= 11 is 0. The summed E-state index contributed by atoms with van der Waals surface area (Å²) in [6, 6.07) is 15.7. The molecular formula is C14H16N2O. The predicted molar refractivity (Wildman–Crippen MR) is 70.3 cm³/mol. The second-order valence-corrected chi connectivity index (χ2v) is 4.03. The normalized spacial score (nSPS) is 12.2. The Morgan fingerprint density at radius 3 is 2.35 bits per heavy atom. The number of nitrogens with two attached hydrogens (primary N) is 1. The Morgan fingerprint density at radius 1 is 1.06 bits per heavy atom. The maximum absolute atomic E-state index is 9.56. The van der Waals surface area contributed by atoms with Gasteiger partial charge in [-0.2, -0.15) is 0 Å². The average Bonchev–Trinajstić information content (AvgIpc) is 2.39. The monoisotopic (exact) mass is 228 g/mol. The van der Waals surface area contributed by atoms with Crippen molar-refractivity contribution in [3.8, 4) is 11.1 Å². The minimum absolute atomic E-state index is 0.453. The molecule has 3 nitrogen and oxygen atoms in total. The van der Waals surface area contributed by atoms with E-state index in [4.69, 9.17) is 5.84 Å². The summed E-state index contributed by atoms with van der Waals surface area (Å²) in [5.41, 5.74) is 6.54. The van der Waals surface area contributed by atoms with Crippen LogP contribution in [-0.4, -0.2) is 5.11 Å². The summed E-state index contributed by atoms with van der Waals surface area (Å²) in [4.78, 5) is 0. The van der Waals surface area contributed by atoms with Gasteiger partial charge in [0.15, 0.2) is 0 Å². The summed E-state index contributed by atoms with van der Waals surface area (Å²) in [6.07, 6.45) is -0.453. The van der Waals surface area contributed by atoms with Crippen LogP contribution in [0.15, 0.2) is 48.5 Å². The molecule has 2 aromatic rings. The lowest BCUT2D eigenvalue weighted by molar-refractivity contribution is 0.199. The van der Waals surface area contributed by atoms with Gasteiger partial charge in [0.25, 0.3) is 0 Å². The van der Waals surface area contributed by atoms with Crippen LogP contribution >= 0.6 is 0 Å². The topological polar surface area (TPSA) is 58.3 Å². The van der Waals surface area contributed by atoms with Crippen molar-refractivity contribution >= 4 is 5.69 Å². The van der Waals surface area contributed by atoms with Gasteiger partial charge in [-0.05, 0) is 41.8 Å². The Kier molecular flexibility index (Phi) is 3.42. The molecule has 0 aliphatic rings. The summed E-state index contributed by atoms with van der Waals surface area (Å²) in [7, 11) is 0. The van der Waals surface area contributed by atoms with Crippen molar-refractivity contribution in [2.75, 3.05) is 5.43 Å². The van der Waals surface area contributed by atoms with Crippen molar-refractivity contribution in [2.45, 2.75) is 13.0 Å². The van der Waals surface area contributed by atoms with E-state index in [1.165, 1.54) is 0 Å². The van der Waals surface area contributed by atoms with Crippen LogP contribution in [0.4, 0.5) is 5.69 Å². The third-order valence-electron chi connectivity index (χ3n) is 2.73. The van der Waals surface area contributed by atoms with Gasteiger partial charge in [-0.25, -0.2) is 0 Å². The molecule has 17 heavy (non-hydrogen) atoms. The number of hydrogen-bond acceptors (Lipinski definition) is 3. The SMILES string of the molecule is CC(O)c1cccc(-c2cccc(NN)c2)c1. The predicted octanol–water partition coefficient (Wildman–Crippen LogP) is 2.69. The third kappa shape index (κ3) is 2.64. The first-order chi connectivity index (χ1) is 8.20. The van der Waals surface area contributed by atoms with Crippen LogP contribution in [0.5, 0.6) is 0 Å². The lowest BCUT2D eigenvalue weighted by atomic mass is 10.0. The van der Waals surface area contributed by atoms with Crippen molar-refractivity contribution in [1.29, 1.82) is 0 Å². The van der Waals surface area contributed by atoms with E-state index in [1.54, 1.807) is 6.92 Å². The van der Waals surface area contributed by atoms with Gasteiger partial charge in [0.1, 0.15) is 0 Å². The maximum Gasteiger partial charge on any atom is 0.0762 e. The second kappa shape index (κ2) is 4.99. The fraction of sp³-hybridized carbons (Fsp3) is 0.143. The number of aliphatic hydroxyl groups is 1. The van der Waals surface area contributed by atoms with Gasteiger partial charge in [0.05, 0.1) is 6.10 Å². The number of hydrogen-bond donors (Lipinski definition) is 3. The second-order valence-electron chi connectivity index (χ2n) is 4.03. The van der Waals surface area contributed by atoms with Crippen LogP contribution in [0.1, 0.15) is 18.6 Å². The standard InChI is InChI=1S/C14H16N2O/c1-10(17)11-4-2-5-12(8-11)13-6-3-7-14(9-13)16-15/h2-10,16-17H,15H2,1H3. The van der Waals surface area contributed by atoms with Crippen molar-refractivity contribution in [2.24, 2.45) is 5.84 Å². The molecule has 0 heterocycles. The number of nitrogen functional groups attached to an aromatic ring is 1. The largest absolute Gasteiger partial charge is 0.389 e. The summed E-state index contributed by atoms with van der Waals surface area (Å²) < 4.78 is 0. The molecule has 0 aromatic heterocycles. The molecule has 0 radical (unpaired) electrons. The molecule has 88 valence electrons. The molecule has 0 bridgehead atoms. The first-order valence-electron chi connectivity index (χ1n) is 5.56. The van der Waals surface area contributed by atoms with Gasteiger partial charge in [0, 0.05) is 5.69 Å².